The van der Waals surface area contributed by atoms with Gasteiger partial charge in [0, 0.05) is 6.07 Å². The van der Waals surface area contributed by atoms with Crippen molar-refractivity contribution in [3.05, 3.63) is 35.1 Å². The van der Waals surface area contributed by atoms with Gasteiger partial charge in [0.2, 0.25) is 0 Å². The monoisotopic (exact) mass is 136 g/mol. The van der Waals surface area contributed by atoms with Gasteiger partial charge in [-0.05, 0) is 0 Å². The normalized spacial score (nSPS) is 10.4. The molecule has 0 aliphatic rings. The van der Waals surface area contributed by atoms with Gasteiger partial charge in [-0.2, -0.15) is 0 Å². The van der Waals surface area contributed by atoms with E-state index in [-0.39, 0.29) is 5.43 Å². The van der Waals surface area contributed by atoms with Crippen LogP contribution < -0.4 is 5.43 Å². The fraction of sp³-hybridized carbons (Fsp3) is 0. The molecule has 3 heteroatoms. The molecule has 0 aliphatic carbocycles. The lowest BCUT2D eigenvalue weighted by Gasteiger charge is -1.81. The molecule has 0 amide bonds. The lowest BCUT2D eigenvalue weighted by molar-refractivity contribution is 0.550. The van der Waals surface area contributed by atoms with Crippen LogP contribution in [0.4, 0.5) is 0 Å². The van der Waals surface area contributed by atoms with Crippen LogP contribution in [-0.4, -0.2) is 0 Å². The molecule has 10 heavy (non-hydrogen) atoms. The Bertz CT molecular complexity index is 396. The molecule has 2 heterocycles. The Labute approximate surface area is 55.9 Å². The van der Waals surface area contributed by atoms with E-state index in [2.05, 4.69) is 0 Å². The second kappa shape index (κ2) is 1.73. The van der Waals surface area contributed by atoms with Crippen molar-refractivity contribution in [3.8, 4) is 0 Å². The first-order valence-electron chi connectivity index (χ1n) is 2.81. The summed E-state index contributed by atoms with van der Waals surface area (Å²) in [6.07, 6.45) is 4.12. The Balaban J connectivity index is 3.09. The van der Waals surface area contributed by atoms with Gasteiger partial charge in [0.25, 0.3) is 0 Å². The third kappa shape index (κ3) is 0.572. The zero-order valence-corrected chi connectivity index (χ0v) is 5.03. The van der Waals surface area contributed by atoms with E-state index in [0.29, 0.717) is 11.0 Å². The van der Waals surface area contributed by atoms with Gasteiger partial charge in [-0.15, -0.1) is 0 Å². The maximum absolute atomic E-state index is 10.9. The minimum absolute atomic E-state index is 0.0741. The van der Waals surface area contributed by atoms with Crippen LogP contribution in [0.15, 0.2) is 38.5 Å². The average molecular weight is 136 g/mol. The summed E-state index contributed by atoms with van der Waals surface area (Å²) in [6, 6.07) is 1.36. The first-order chi connectivity index (χ1) is 4.88. The molecule has 2 aromatic rings. The molecule has 0 bridgehead atoms. The number of fused-ring (bicyclic) bond motifs is 1. The Morgan fingerprint density at radius 3 is 3.00 bits per heavy atom. The molecule has 0 radical (unpaired) electrons. The zero-order chi connectivity index (χ0) is 6.97. The standard InChI is InChI=1S/C7H4O3/c8-6-1-2-10-7-4-9-3-5(6)7/h1-4H. The van der Waals surface area contributed by atoms with Crippen LogP contribution in [0.25, 0.3) is 11.0 Å². The summed E-state index contributed by atoms with van der Waals surface area (Å²) in [6.45, 7) is 0. The van der Waals surface area contributed by atoms with Gasteiger partial charge < -0.3 is 8.83 Å². The largest absolute Gasteiger partial charge is 0.468 e. The maximum atomic E-state index is 10.9. The molecule has 2 rings (SSSR count). The first kappa shape index (κ1) is 5.29. The predicted octanol–water partition coefficient (Wildman–Crippen LogP) is 1.39. The minimum Gasteiger partial charge on any atom is -0.468 e. The summed E-state index contributed by atoms with van der Waals surface area (Å²) < 4.78 is 9.69. The average Bonchev–Trinajstić information content (AvgIpc) is 2.36. The summed E-state index contributed by atoms with van der Waals surface area (Å²) in [5, 5.41) is 0.488. The van der Waals surface area contributed by atoms with E-state index in [1.807, 2.05) is 0 Å². The SMILES string of the molecule is O=c1ccoc2cocc12. The van der Waals surface area contributed by atoms with Crippen molar-refractivity contribution in [2.75, 3.05) is 0 Å². The molecule has 0 spiro atoms. The first-order valence-corrected chi connectivity index (χ1v) is 2.81. The summed E-state index contributed by atoms with van der Waals surface area (Å²) in [4.78, 5) is 10.9. The summed E-state index contributed by atoms with van der Waals surface area (Å²) >= 11 is 0. The minimum atomic E-state index is -0.0741. The van der Waals surface area contributed by atoms with Crippen LogP contribution >= 0.6 is 0 Å². The van der Waals surface area contributed by atoms with Gasteiger partial charge in [-0.3, -0.25) is 4.79 Å². The fourth-order valence-corrected chi connectivity index (χ4v) is 0.815. The molecule has 0 N–H and O–H groups in total. The van der Waals surface area contributed by atoms with Crippen molar-refractivity contribution in [2.24, 2.45) is 0 Å². The van der Waals surface area contributed by atoms with Crippen molar-refractivity contribution in [1.29, 1.82) is 0 Å². The van der Waals surface area contributed by atoms with E-state index in [0.717, 1.165) is 0 Å². The zero-order valence-electron chi connectivity index (χ0n) is 5.03. The molecule has 0 unspecified atom stereocenters. The highest BCUT2D eigenvalue weighted by atomic mass is 16.4. The van der Waals surface area contributed by atoms with Gasteiger partial charge in [-0.1, -0.05) is 0 Å². The number of hydrogen-bond donors (Lipinski definition) is 0. The van der Waals surface area contributed by atoms with Crippen molar-refractivity contribution >= 4 is 11.0 Å². The van der Waals surface area contributed by atoms with Crippen molar-refractivity contribution < 1.29 is 8.83 Å². The molecule has 50 valence electrons. The highest BCUT2D eigenvalue weighted by Gasteiger charge is 1.99. The summed E-state index contributed by atoms with van der Waals surface area (Å²) in [5.41, 5.74) is 0.419. The van der Waals surface area contributed by atoms with Gasteiger partial charge in [0.1, 0.15) is 17.9 Å². The van der Waals surface area contributed by atoms with E-state index in [1.54, 1.807) is 0 Å². The molecule has 2 aromatic heterocycles. The second-order valence-electron chi connectivity index (χ2n) is 1.93. The van der Waals surface area contributed by atoms with E-state index in [1.165, 1.54) is 24.9 Å². The van der Waals surface area contributed by atoms with Gasteiger partial charge in [-0.25, -0.2) is 0 Å². The van der Waals surface area contributed by atoms with E-state index in [4.69, 9.17) is 8.83 Å². The van der Waals surface area contributed by atoms with E-state index < -0.39 is 0 Å². The smallest absolute Gasteiger partial charge is 0.195 e. The summed E-state index contributed by atoms with van der Waals surface area (Å²) in [7, 11) is 0. The van der Waals surface area contributed by atoms with Gasteiger partial charge in [0.15, 0.2) is 11.0 Å². The lowest BCUT2D eigenvalue weighted by Crippen LogP contribution is -1.94. The molecule has 0 aromatic carbocycles. The van der Waals surface area contributed by atoms with Gasteiger partial charge >= 0.3 is 0 Å². The molecule has 0 fully saturated rings. The third-order valence-corrected chi connectivity index (χ3v) is 1.31. The highest BCUT2D eigenvalue weighted by Crippen LogP contribution is 2.08. The molecule has 0 saturated heterocycles. The molecule has 0 aliphatic heterocycles. The van der Waals surface area contributed by atoms with Crippen LogP contribution in [-0.2, 0) is 0 Å². The van der Waals surface area contributed by atoms with Crippen molar-refractivity contribution in [3.63, 3.8) is 0 Å². The Hall–Kier alpha value is -1.51. The number of hydrogen-bond acceptors (Lipinski definition) is 3. The van der Waals surface area contributed by atoms with E-state index >= 15 is 0 Å². The second-order valence-corrected chi connectivity index (χ2v) is 1.93. The van der Waals surface area contributed by atoms with Crippen LogP contribution in [0.2, 0.25) is 0 Å². The molecule has 0 saturated carbocycles. The van der Waals surface area contributed by atoms with Crippen LogP contribution in [0.1, 0.15) is 0 Å². The van der Waals surface area contributed by atoms with E-state index in [9.17, 15) is 4.79 Å². The Morgan fingerprint density at radius 2 is 2.20 bits per heavy atom. The van der Waals surface area contributed by atoms with Crippen molar-refractivity contribution in [2.45, 2.75) is 0 Å². The van der Waals surface area contributed by atoms with Crippen LogP contribution in [0.3, 0.4) is 0 Å². The van der Waals surface area contributed by atoms with Gasteiger partial charge in [0.05, 0.1) is 6.26 Å². The Morgan fingerprint density at radius 1 is 1.30 bits per heavy atom. The Kier molecular flexibility index (Phi) is 0.917. The fourth-order valence-electron chi connectivity index (χ4n) is 0.815. The highest BCUT2D eigenvalue weighted by molar-refractivity contribution is 5.73. The molecular formula is C7H4O3. The predicted molar refractivity (Wildman–Crippen MR) is 34.8 cm³/mol. The number of rotatable bonds is 0. The number of furan rings is 1. The lowest BCUT2D eigenvalue weighted by atomic mass is 10.3. The topological polar surface area (TPSA) is 43.4 Å². The summed E-state index contributed by atoms with van der Waals surface area (Å²) in [5.74, 6) is 0. The van der Waals surface area contributed by atoms with Crippen LogP contribution in [0.5, 0.6) is 0 Å². The molecular weight excluding hydrogens is 132 g/mol. The van der Waals surface area contributed by atoms with Crippen LogP contribution in [0, 0.1) is 0 Å². The molecule has 3 nitrogen and oxygen atoms in total. The third-order valence-electron chi connectivity index (χ3n) is 1.31. The maximum Gasteiger partial charge on any atom is 0.195 e. The molecule has 0 atom stereocenters. The quantitative estimate of drug-likeness (QED) is 0.549. The van der Waals surface area contributed by atoms with Crippen molar-refractivity contribution in [1.82, 2.24) is 0 Å².